The predicted octanol–water partition coefficient (Wildman–Crippen LogP) is 6.80. The molecule has 13 heteroatoms. The van der Waals surface area contributed by atoms with Crippen molar-refractivity contribution < 1.29 is 52.4 Å². The summed E-state index contributed by atoms with van der Waals surface area (Å²) in [5.41, 5.74) is 0. The van der Waals surface area contributed by atoms with E-state index in [9.17, 15) is 19.2 Å². The van der Waals surface area contributed by atoms with Crippen LogP contribution in [0.1, 0.15) is 52.5 Å². The fourth-order valence-electron chi connectivity index (χ4n) is 4.52. The van der Waals surface area contributed by atoms with Crippen molar-refractivity contribution in [3.05, 3.63) is 45.9 Å². The van der Waals surface area contributed by atoms with Crippen LogP contribution in [0.25, 0.3) is 20.2 Å². The Hall–Kier alpha value is -4.23. The number of fused-ring (bicyclic) bond motifs is 2. The molecule has 0 aliphatic rings. The normalized spacial score (nSPS) is 12.5. The van der Waals surface area contributed by atoms with Gasteiger partial charge in [0.2, 0.25) is 0 Å². The van der Waals surface area contributed by atoms with Crippen molar-refractivity contribution in [2.45, 2.75) is 33.1 Å². The molecule has 0 spiro atoms. The van der Waals surface area contributed by atoms with Crippen LogP contribution in [-0.2, 0) is 14.3 Å². The molecule has 2 heterocycles. The number of halogens is 1. The van der Waals surface area contributed by atoms with Crippen LogP contribution in [0.15, 0.2) is 30.3 Å². The molecule has 0 saturated heterocycles. The molecule has 2 atom stereocenters. The first-order valence-corrected chi connectivity index (χ1v) is 15.6. The number of esters is 1. The number of methoxy groups -OCH3 is 3. The minimum atomic E-state index is -1.02. The number of carboxylic acids is 1. The van der Waals surface area contributed by atoms with E-state index in [1.165, 1.54) is 45.7 Å². The number of thiophene rings is 2. The SMILES string of the molecule is COC(=O)C(C)CC(=O)c1cc2c(F)c(OCCCOc3cc4cc(C(=O)CC(C)C(=O)O)sc4cc3OC)c(OC)cc2s1. The van der Waals surface area contributed by atoms with E-state index in [1.807, 2.05) is 0 Å². The molecule has 0 saturated carbocycles. The van der Waals surface area contributed by atoms with Crippen molar-refractivity contribution in [1.29, 1.82) is 0 Å². The second-order valence-corrected chi connectivity index (χ2v) is 12.5. The molecule has 10 nitrogen and oxygen atoms in total. The molecule has 0 aliphatic heterocycles. The molecule has 0 amide bonds. The number of carbonyl (C=O) groups excluding carboxylic acids is 3. The molecule has 0 bridgehead atoms. The maximum absolute atomic E-state index is 15.5. The van der Waals surface area contributed by atoms with Gasteiger partial charge in [-0.1, -0.05) is 13.8 Å². The number of benzene rings is 2. The zero-order valence-corrected chi connectivity index (χ0v) is 27.0. The fraction of sp³-hybridized carbons (Fsp3) is 0.375. The van der Waals surface area contributed by atoms with Crippen LogP contribution in [0.4, 0.5) is 4.39 Å². The predicted molar refractivity (Wildman–Crippen MR) is 168 cm³/mol. The number of Topliss-reactive ketones (excluding diaryl/α,β-unsaturated/α-hetero) is 2. The largest absolute Gasteiger partial charge is 0.493 e. The Labute approximate surface area is 266 Å². The van der Waals surface area contributed by atoms with Gasteiger partial charge < -0.3 is 28.8 Å². The molecule has 45 heavy (non-hydrogen) atoms. The van der Waals surface area contributed by atoms with Crippen molar-refractivity contribution in [1.82, 2.24) is 0 Å². The highest BCUT2D eigenvalue weighted by Crippen LogP contribution is 2.41. The van der Waals surface area contributed by atoms with Gasteiger partial charge in [-0.25, -0.2) is 4.39 Å². The summed E-state index contributed by atoms with van der Waals surface area (Å²) in [4.78, 5) is 48.9. The highest BCUT2D eigenvalue weighted by Gasteiger charge is 2.24. The molecule has 0 fully saturated rings. The Morgan fingerprint density at radius 3 is 2.02 bits per heavy atom. The number of ether oxygens (including phenoxy) is 5. The van der Waals surface area contributed by atoms with Crippen molar-refractivity contribution >= 4 is 66.4 Å². The van der Waals surface area contributed by atoms with Gasteiger partial charge in [-0.2, -0.15) is 0 Å². The minimum absolute atomic E-state index is 0.0584. The quantitative estimate of drug-likeness (QED) is 0.0777. The molecule has 2 aromatic carbocycles. The molecule has 1 N–H and O–H groups in total. The highest BCUT2D eigenvalue weighted by molar-refractivity contribution is 7.21. The van der Waals surface area contributed by atoms with Crippen LogP contribution >= 0.6 is 22.7 Å². The number of hydrogen-bond donors (Lipinski definition) is 1. The van der Waals surface area contributed by atoms with Crippen molar-refractivity contribution in [3.63, 3.8) is 0 Å². The third-order valence-corrected chi connectivity index (χ3v) is 9.32. The van der Waals surface area contributed by atoms with Gasteiger partial charge >= 0.3 is 11.9 Å². The van der Waals surface area contributed by atoms with E-state index in [4.69, 9.17) is 24.1 Å². The Kier molecular flexibility index (Phi) is 11.0. The fourth-order valence-corrected chi connectivity index (χ4v) is 6.58. The Morgan fingerprint density at radius 2 is 1.38 bits per heavy atom. The van der Waals surface area contributed by atoms with Gasteiger partial charge in [-0.3, -0.25) is 19.2 Å². The van der Waals surface area contributed by atoms with Gasteiger partial charge in [0.25, 0.3) is 0 Å². The number of hydrogen-bond acceptors (Lipinski definition) is 11. The molecule has 0 aliphatic carbocycles. The lowest BCUT2D eigenvalue weighted by Crippen LogP contribution is -2.16. The van der Waals surface area contributed by atoms with Crippen LogP contribution in [-0.4, -0.2) is 63.2 Å². The zero-order chi connectivity index (χ0) is 32.8. The second kappa shape index (κ2) is 14.7. The maximum Gasteiger partial charge on any atom is 0.308 e. The molecule has 2 unspecified atom stereocenters. The monoisotopic (exact) mass is 660 g/mol. The number of carboxylic acid groups (broad SMARTS) is 1. The standard InChI is InChI=1S/C32H33FO10S2/c1-16(31(36)37)9-20(34)27-12-18-11-23(22(39-3)14-25(18)44-27)42-7-6-8-43-30-24(40-4)15-26-19(29(30)33)13-28(45-26)21(35)10-17(2)32(38)41-5/h11-17H,6-10H2,1-5H3,(H,36,37). The maximum atomic E-state index is 15.5. The third-order valence-electron chi connectivity index (χ3n) is 7.06. The van der Waals surface area contributed by atoms with Crippen LogP contribution in [0.2, 0.25) is 0 Å². The summed E-state index contributed by atoms with van der Waals surface area (Å²) >= 11 is 2.37. The van der Waals surface area contributed by atoms with Gasteiger partial charge in [-0.05, 0) is 23.6 Å². The second-order valence-electron chi connectivity index (χ2n) is 10.4. The first kappa shape index (κ1) is 33.7. The van der Waals surface area contributed by atoms with E-state index in [-0.39, 0.29) is 54.5 Å². The lowest BCUT2D eigenvalue weighted by molar-refractivity contribution is -0.144. The lowest BCUT2D eigenvalue weighted by atomic mass is 10.0. The molecule has 4 rings (SSSR count). The average Bonchev–Trinajstić information content (AvgIpc) is 3.65. The smallest absolute Gasteiger partial charge is 0.308 e. The summed E-state index contributed by atoms with van der Waals surface area (Å²) in [6.07, 6.45) is 0.223. The molecule has 0 radical (unpaired) electrons. The van der Waals surface area contributed by atoms with Gasteiger partial charge in [0.15, 0.2) is 40.4 Å². The Bertz CT molecular complexity index is 1740. The van der Waals surface area contributed by atoms with E-state index in [0.717, 1.165) is 21.4 Å². The first-order valence-electron chi connectivity index (χ1n) is 14.0. The Morgan fingerprint density at radius 1 is 0.778 bits per heavy atom. The summed E-state index contributed by atoms with van der Waals surface area (Å²) in [5.74, 6) is -3.12. The van der Waals surface area contributed by atoms with Crippen LogP contribution in [0.3, 0.4) is 0 Å². The summed E-state index contributed by atoms with van der Waals surface area (Å²) < 4.78 is 44.0. The van der Waals surface area contributed by atoms with E-state index < -0.39 is 29.6 Å². The third kappa shape index (κ3) is 7.71. The van der Waals surface area contributed by atoms with Crippen LogP contribution in [0, 0.1) is 17.7 Å². The van der Waals surface area contributed by atoms with E-state index in [2.05, 4.69) is 4.74 Å². The average molecular weight is 661 g/mol. The number of carbonyl (C=O) groups is 4. The summed E-state index contributed by atoms with van der Waals surface area (Å²) in [5, 5.41) is 10.1. The van der Waals surface area contributed by atoms with Gasteiger partial charge in [-0.15, -0.1) is 22.7 Å². The Balaban J connectivity index is 1.41. The molecular formula is C32H33FO10S2. The van der Waals surface area contributed by atoms with Crippen molar-refractivity contribution in [3.8, 4) is 23.0 Å². The van der Waals surface area contributed by atoms with E-state index >= 15 is 4.39 Å². The number of rotatable bonds is 16. The molecule has 4 aromatic rings. The van der Waals surface area contributed by atoms with Gasteiger partial charge in [0.1, 0.15) is 0 Å². The van der Waals surface area contributed by atoms with Gasteiger partial charge in [0, 0.05) is 46.2 Å². The summed E-state index contributed by atoms with van der Waals surface area (Å²) in [7, 11) is 4.15. The lowest BCUT2D eigenvalue weighted by Gasteiger charge is -2.13. The van der Waals surface area contributed by atoms with Crippen molar-refractivity contribution in [2.75, 3.05) is 34.5 Å². The van der Waals surface area contributed by atoms with E-state index in [1.54, 1.807) is 31.2 Å². The molecular weight excluding hydrogens is 627 g/mol. The van der Waals surface area contributed by atoms with Crippen molar-refractivity contribution in [2.24, 2.45) is 11.8 Å². The molecule has 240 valence electrons. The minimum Gasteiger partial charge on any atom is -0.493 e. The van der Waals surface area contributed by atoms with E-state index in [0.29, 0.717) is 32.4 Å². The molecule has 2 aromatic heterocycles. The number of aliphatic carboxylic acids is 1. The van der Waals surface area contributed by atoms with Crippen LogP contribution < -0.4 is 18.9 Å². The summed E-state index contributed by atoms with van der Waals surface area (Å²) in [6, 6.07) is 8.28. The van der Waals surface area contributed by atoms with Crippen LogP contribution in [0.5, 0.6) is 23.0 Å². The topological polar surface area (TPSA) is 135 Å². The first-order chi connectivity index (χ1) is 21.5. The highest BCUT2D eigenvalue weighted by atomic mass is 32.1. The number of ketones is 2. The zero-order valence-electron chi connectivity index (χ0n) is 25.4. The summed E-state index contributed by atoms with van der Waals surface area (Å²) in [6.45, 7) is 3.39. The van der Waals surface area contributed by atoms with Gasteiger partial charge in [0.05, 0.1) is 56.1 Å².